The summed E-state index contributed by atoms with van der Waals surface area (Å²) in [5.74, 6) is -1.08. The van der Waals surface area contributed by atoms with Gasteiger partial charge in [0.1, 0.15) is 0 Å². The van der Waals surface area contributed by atoms with Crippen LogP contribution in [0, 0.1) is 5.92 Å². The van der Waals surface area contributed by atoms with E-state index in [2.05, 4.69) is 18.7 Å². The molecule has 1 fully saturated rings. The Morgan fingerprint density at radius 1 is 1.38 bits per heavy atom. The normalized spacial score (nSPS) is 19.9. The van der Waals surface area contributed by atoms with Crippen molar-refractivity contribution in [1.29, 1.82) is 0 Å². The summed E-state index contributed by atoms with van der Waals surface area (Å²) in [5.41, 5.74) is 0. The molecular formula is C9H16LiNO2. The molecular weight excluding hydrogens is 161 g/mol. The first kappa shape index (κ1) is 13.0. The fourth-order valence-electron chi connectivity index (χ4n) is 1.65. The molecule has 0 aromatic carbocycles. The van der Waals surface area contributed by atoms with Gasteiger partial charge in [-0.15, -0.1) is 0 Å². The number of carboxylic acid groups (broad SMARTS) is 1. The van der Waals surface area contributed by atoms with E-state index in [1.807, 2.05) is 0 Å². The quantitative estimate of drug-likeness (QED) is 0.419. The molecule has 0 spiro atoms. The third kappa shape index (κ3) is 3.72. The largest absolute Gasteiger partial charge is 1.00 e. The summed E-state index contributed by atoms with van der Waals surface area (Å²) in [6, 6.07) is 0.535. The van der Waals surface area contributed by atoms with E-state index in [1.165, 1.54) is 0 Å². The van der Waals surface area contributed by atoms with Crippen molar-refractivity contribution in [2.24, 2.45) is 5.92 Å². The Kier molecular flexibility index (Phi) is 5.71. The van der Waals surface area contributed by atoms with Crippen LogP contribution >= 0.6 is 0 Å². The molecule has 0 unspecified atom stereocenters. The molecule has 0 aromatic rings. The molecule has 0 bridgehead atoms. The van der Waals surface area contributed by atoms with E-state index >= 15 is 0 Å². The standard InChI is InChI=1S/C9H17NO2.Li/c1-7(2)10-5-3-8(4-6-10)9(11)12;/h7-8H,3-6H2,1-2H3,(H,11,12);/q;+1/p-1. The Labute approximate surface area is 91.7 Å². The molecule has 1 heterocycles. The molecule has 0 atom stereocenters. The number of rotatable bonds is 2. The first-order chi connectivity index (χ1) is 5.61. The maximum absolute atomic E-state index is 10.5. The van der Waals surface area contributed by atoms with Gasteiger partial charge in [-0.2, -0.15) is 0 Å². The predicted octanol–water partition coefficient (Wildman–Crippen LogP) is -3.14. The summed E-state index contributed by atoms with van der Waals surface area (Å²) in [6.45, 7) is 6.07. The minimum absolute atomic E-state index is 0. The van der Waals surface area contributed by atoms with Crippen molar-refractivity contribution in [3.05, 3.63) is 0 Å². The molecule has 13 heavy (non-hydrogen) atoms. The number of carbonyl (C=O) groups excluding carboxylic acids is 1. The number of nitrogens with zero attached hydrogens (tertiary/aromatic N) is 1. The molecule has 0 N–H and O–H groups in total. The minimum atomic E-state index is -0.876. The average Bonchev–Trinajstić information content (AvgIpc) is 2.04. The molecule has 4 heteroatoms. The van der Waals surface area contributed by atoms with Crippen LogP contribution in [0.5, 0.6) is 0 Å². The second-order valence-electron chi connectivity index (χ2n) is 3.72. The van der Waals surface area contributed by atoms with E-state index in [4.69, 9.17) is 0 Å². The third-order valence-electron chi connectivity index (χ3n) is 2.59. The molecule has 0 amide bonds. The van der Waals surface area contributed by atoms with Gasteiger partial charge >= 0.3 is 18.9 Å². The second kappa shape index (κ2) is 5.69. The van der Waals surface area contributed by atoms with Crippen LogP contribution in [-0.4, -0.2) is 30.0 Å². The van der Waals surface area contributed by atoms with Gasteiger partial charge in [-0.1, -0.05) is 0 Å². The van der Waals surface area contributed by atoms with E-state index in [0.717, 1.165) is 25.9 Å². The number of carbonyl (C=O) groups is 1. The summed E-state index contributed by atoms with van der Waals surface area (Å²) < 4.78 is 0. The minimum Gasteiger partial charge on any atom is -0.550 e. The van der Waals surface area contributed by atoms with Crippen LogP contribution in [0.15, 0.2) is 0 Å². The Bertz CT molecular complexity index is 165. The van der Waals surface area contributed by atoms with Crippen molar-refractivity contribution in [2.45, 2.75) is 32.7 Å². The molecule has 3 nitrogen and oxygen atoms in total. The molecule has 1 aliphatic heterocycles. The molecule has 0 radical (unpaired) electrons. The van der Waals surface area contributed by atoms with Gasteiger partial charge in [0.2, 0.25) is 0 Å². The molecule has 1 saturated heterocycles. The van der Waals surface area contributed by atoms with Crippen molar-refractivity contribution < 1.29 is 28.8 Å². The van der Waals surface area contributed by atoms with Crippen molar-refractivity contribution in [3.63, 3.8) is 0 Å². The monoisotopic (exact) mass is 177 g/mol. The summed E-state index contributed by atoms with van der Waals surface area (Å²) in [6.07, 6.45) is 1.50. The fraction of sp³-hybridized carbons (Fsp3) is 0.889. The predicted molar refractivity (Wildman–Crippen MR) is 44.4 cm³/mol. The summed E-state index contributed by atoms with van der Waals surface area (Å²) in [5, 5.41) is 10.5. The Hall–Kier alpha value is 0.0274. The summed E-state index contributed by atoms with van der Waals surface area (Å²) in [7, 11) is 0. The van der Waals surface area contributed by atoms with Crippen molar-refractivity contribution in [3.8, 4) is 0 Å². The van der Waals surface area contributed by atoms with Gasteiger partial charge in [-0.3, -0.25) is 0 Å². The zero-order valence-electron chi connectivity index (χ0n) is 8.75. The molecule has 1 aliphatic rings. The van der Waals surface area contributed by atoms with Crippen LogP contribution < -0.4 is 24.0 Å². The van der Waals surface area contributed by atoms with Crippen LogP contribution in [0.2, 0.25) is 0 Å². The first-order valence-electron chi connectivity index (χ1n) is 4.56. The van der Waals surface area contributed by atoms with Gasteiger partial charge in [-0.25, -0.2) is 0 Å². The van der Waals surface area contributed by atoms with E-state index in [-0.39, 0.29) is 24.8 Å². The smallest absolute Gasteiger partial charge is 0.550 e. The Morgan fingerprint density at radius 2 is 1.85 bits per heavy atom. The van der Waals surface area contributed by atoms with Gasteiger partial charge in [0.25, 0.3) is 0 Å². The SMILES string of the molecule is CC(C)N1CCC(C(=O)[O-])CC1.[Li+]. The number of aliphatic carboxylic acids is 1. The van der Waals surface area contributed by atoms with Crippen LogP contribution in [0.25, 0.3) is 0 Å². The number of carboxylic acids is 1. The van der Waals surface area contributed by atoms with E-state index < -0.39 is 5.97 Å². The first-order valence-corrected chi connectivity index (χ1v) is 4.56. The maximum Gasteiger partial charge on any atom is 1.00 e. The van der Waals surface area contributed by atoms with Crippen LogP contribution in [0.3, 0.4) is 0 Å². The maximum atomic E-state index is 10.5. The summed E-state index contributed by atoms with van der Waals surface area (Å²) >= 11 is 0. The summed E-state index contributed by atoms with van der Waals surface area (Å²) in [4.78, 5) is 12.8. The molecule has 0 aliphatic carbocycles. The van der Waals surface area contributed by atoms with Crippen molar-refractivity contribution >= 4 is 5.97 Å². The molecule has 1 rings (SSSR count). The van der Waals surface area contributed by atoms with Gasteiger partial charge in [0, 0.05) is 17.9 Å². The van der Waals surface area contributed by atoms with Gasteiger partial charge < -0.3 is 14.8 Å². The number of hydrogen-bond acceptors (Lipinski definition) is 3. The van der Waals surface area contributed by atoms with Gasteiger partial charge in [0.15, 0.2) is 0 Å². The fourth-order valence-corrected chi connectivity index (χ4v) is 1.65. The zero-order chi connectivity index (χ0) is 9.14. The second-order valence-corrected chi connectivity index (χ2v) is 3.72. The van der Waals surface area contributed by atoms with E-state index in [9.17, 15) is 9.90 Å². The van der Waals surface area contributed by atoms with Crippen molar-refractivity contribution in [1.82, 2.24) is 4.90 Å². The number of piperidine rings is 1. The average molecular weight is 177 g/mol. The van der Waals surface area contributed by atoms with E-state index in [0.29, 0.717) is 6.04 Å². The molecule has 0 saturated carbocycles. The number of likely N-dealkylation sites (tertiary alicyclic amines) is 1. The third-order valence-corrected chi connectivity index (χ3v) is 2.59. The molecule has 0 aromatic heterocycles. The number of hydrogen-bond donors (Lipinski definition) is 0. The van der Waals surface area contributed by atoms with Gasteiger partial charge in [-0.05, 0) is 39.8 Å². The van der Waals surface area contributed by atoms with E-state index in [1.54, 1.807) is 0 Å². The van der Waals surface area contributed by atoms with Crippen molar-refractivity contribution in [2.75, 3.05) is 13.1 Å². The van der Waals surface area contributed by atoms with Crippen LogP contribution in [0.1, 0.15) is 26.7 Å². The Balaban J connectivity index is 0.00000144. The van der Waals surface area contributed by atoms with Gasteiger partial charge in [0.05, 0.1) is 0 Å². The van der Waals surface area contributed by atoms with Crippen LogP contribution in [-0.2, 0) is 4.79 Å². The Morgan fingerprint density at radius 3 is 2.15 bits per heavy atom. The topological polar surface area (TPSA) is 43.4 Å². The zero-order valence-corrected chi connectivity index (χ0v) is 8.75. The van der Waals surface area contributed by atoms with Crippen LogP contribution in [0.4, 0.5) is 0 Å². The molecule has 70 valence electrons.